The van der Waals surface area contributed by atoms with E-state index in [2.05, 4.69) is 10.3 Å². The van der Waals surface area contributed by atoms with Crippen LogP contribution in [0.15, 0.2) is 40.9 Å². The first-order valence-electron chi connectivity index (χ1n) is 12.0. The zero-order chi connectivity index (χ0) is 26.2. The van der Waals surface area contributed by atoms with E-state index in [0.29, 0.717) is 36.5 Å². The van der Waals surface area contributed by atoms with Crippen LogP contribution in [0.3, 0.4) is 0 Å². The van der Waals surface area contributed by atoms with Crippen LogP contribution in [0.5, 0.6) is 0 Å². The number of nitrogens with zero attached hydrogens (tertiary/aromatic N) is 5. The second-order valence-corrected chi connectivity index (χ2v) is 10.2. The minimum absolute atomic E-state index is 0.0699. The number of aromatic nitrogens is 3. The van der Waals surface area contributed by atoms with Crippen LogP contribution in [0.2, 0.25) is 0 Å². The molecule has 1 fully saturated rings. The van der Waals surface area contributed by atoms with Crippen molar-refractivity contribution in [2.24, 2.45) is 5.16 Å². The maximum absolute atomic E-state index is 14.1. The summed E-state index contributed by atoms with van der Waals surface area (Å²) in [5.41, 5.74) is 1.28. The third-order valence-corrected chi connectivity index (χ3v) is 7.88. The molecule has 2 aliphatic rings. The molecule has 0 spiro atoms. The number of likely N-dealkylation sites (tertiary alicyclic amines) is 1. The van der Waals surface area contributed by atoms with Gasteiger partial charge in [-0.15, -0.1) is 11.3 Å². The summed E-state index contributed by atoms with van der Waals surface area (Å²) in [6.45, 7) is 2.86. The number of hydrogen-bond acceptors (Lipinski definition) is 7. The van der Waals surface area contributed by atoms with Gasteiger partial charge in [0.05, 0.1) is 23.3 Å². The molecule has 0 aliphatic carbocycles. The number of thiazole rings is 1. The van der Waals surface area contributed by atoms with Gasteiger partial charge in [0.1, 0.15) is 17.8 Å². The molecule has 0 bridgehead atoms. The lowest BCUT2D eigenvalue weighted by Crippen LogP contribution is -2.44. The summed E-state index contributed by atoms with van der Waals surface area (Å²) in [5, 5.41) is 10.7. The Hall–Kier alpha value is -3.12. The Bertz CT molecular complexity index is 1300. The van der Waals surface area contributed by atoms with Crippen LogP contribution in [-0.2, 0) is 22.4 Å². The minimum Gasteiger partial charge on any atom is -0.387 e. The quantitative estimate of drug-likeness (QED) is 0.310. The van der Waals surface area contributed by atoms with Gasteiger partial charge in [-0.1, -0.05) is 23.4 Å². The maximum atomic E-state index is 14.1. The van der Waals surface area contributed by atoms with Crippen molar-refractivity contribution in [2.75, 3.05) is 13.1 Å². The number of aryl methyl sites for hydroxylation is 1. The van der Waals surface area contributed by atoms with E-state index in [4.69, 9.17) is 9.82 Å². The molecule has 3 aromatic rings. The molecule has 2 aliphatic heterocycles. The second-order valence-electron chi connectivity index (χ2n) is 9.29. The Kier molecular flexibility index (Phi) is 7.13. The maximum Gasteiger partial charge on any atom is 0.435 e. The van der Waals surface area contributed by atoms with Crippen molar-refractivity contribution in [1.82, 2.24) is 19.7 Å². The van der Waals surface area contributed by atoms with Crippen molar-refractivity contribution < 1.29 is 27.2 Å². The van der Waals surface area contributed by atoms with Crippen molar-refractivity contribution in [3.05, 3.63) is 69.2 Å². The van der Waals surface area contributed by atoms with Crippen molar-refractivity contribution in [2.45, 2.75) is 57.0 Å². The van der Waals surface area contributed by atoms with Crippen LogP contribution in [0, 0.1) is 12.7 Å². The van der Waals surface area contributed by atoms with E-state index >= 15 is 0 Å². The summed E-state index contributed by atoms with van der Waals surface area (Å²) in [4.78, 5) is 24.0. The summed E-state index contributed by atoms with van der Waals surface area (Å²) >= 11 is 1.54. The number of alkyl halides is 3. The van der Waals surface area contributed by atoms with Crippen LogP contribution in [0.4, 0.5) is 17.6 Å². The molecule has 1 aromatic carbocycles. The third-order valence-electron chi connectivity index (χ3n) is 6.88. The number of carbonyl (C=O) groups is 1. The van der Waals surface area contributed by atoms with Gasteiger partial charge in [0, 0.05) is 29.0 Å². The Balaban J connectivity index is 1.18. The Morgan fingerprint density at radius 3 is 2.68 bits per heavy atom. The lowest BCUT2D eigenvalue weighted by Gasteiger charge is -2.34. The minimum atomic E-state index is -4.52. The van der Waals surface area contributed by atoms with Crippen LogP contribution < -0.4 is 0 Å². The Labute approximate surface area is 214 Å². The molecular weight excluding hydrogens is 510 g/mol. The molecule has 12 heteroatoms. The first-order valence-corrected chi connectivity index (χ1v) is 12.8. The zero-order valence-corrected chi connectivity index (χ0v) is 20.8. The molecule has 4 heterocycles. The van der Waals surface area contributed by atoms with Gasteiger partial charge >= 0.3 is 6.18 Å². The fourth-order valence-electron chi connectivity index (χ4n) is 4.77. The third kappa shape index (κ3) is 5.45. The smallest absolute Gasteiger partial charge is 0.387 e. The van der Waals surface area contributed by atoms with E-state index < -0.39 is 24.0 Å². The number of piperidine rings is 1. The lowest BCUT2D eigenvalue weighted by molar-refractivity contribution is -0.141. The monoisotopic (exact) mass is 535 g/mol. The average Bonchev–Trinajstić information content (AvgIpc) is 3.63. The molecule has 0 radical (unpaired) electrons. The Morgan fingerprint density at radius 2 is 2.00 bits per heavy atom. The van der Waals surface area contributed by atoms with Gasteiger partial charge in [-0.2, -0.15) is 18.3 Å². The fourth-order valence-corrected chi connectivity index (χ4v) is 5.77. The molecular formula is C25H25F4N5O2S. The van der Waals surface area contributed by atoms with E-state index in [1.54, 1.807) is 25.1 Å². The van der Waals surface area contributed by atoms with Gasteiger partial charge in [0.2, 0.25) is 0 Å². The van der Waals surface area contributed by atoms with Crippen LogP contribution in [-0.4, -0.2) is 50.8 Å². The van der Waals surface area contributed by atoms with Crippen LogP contribution in [0.1, 0.15) is 58.9 Å². The molecule has 2 atom stereocenters. The van der Waals surface area contributed by atoms with E-state index in [-0.39, 0.29) is 18.3 Å². The van der Waals surface area contributed by atoms with E-state index in [0.717, 1.165) is 35.9 Å². The molecule has 0 amide bonds. The first-order chi connectivity index (χ1) is 17.7. The lowest BCUT2D eigenvalue weighted by atomic mass is 9.96. The predicted octanol–water partition coefficient (Wildman–Crippen LogP) is 5.12. The van der Waals surface area contributed by atoms with E-state index in [1.807, 2.05) is 10.3 Å². The van der Waals surface area contributed by atoms with Crippen LogP contribution in [0.25, 0.3) is 0 Å². The number of aldehydes is 1. The van der Waals surface area contributed by atoms with Gasteiger partial charge < -0.3 is 9.63 Å². The molecule has 37 heavy (non-hydrogen) atoms. The molecule has 2 aromatic heterocycles. The summed E-state index contributed by atoms with van der Waals surface area (Å²) < 4.78 is 54.3. The van der Waals surface area contributed by atoms with Crippen molar-refractivity contribution >= 4 is 23.3 Å². The number of oxime groups is 1. The van der Waals surface area contributed by atoms with Crippen LogP contribution >= 0.6 is 11.3 Å². The van der Waals surface area contributed by atoms with E-state index in [1.165, 1.54) is 22.1 Å². The van der Waals surface area contributed by atoms with Gasteiger partial charge in [0.15, 0.2) is 11.8 Å². The zero-order valence-electron chi connectivity index (χ0n) is 20.0. The summed E-state index contributed by atoms with van der Waals surface area (Å²) in [5.74, 6) is -0.123. The molecule has 1 saturated heterocycles. The number of benzene rings is 1. The second kappa shape index (κ2) is 10.3. The van der Waals surface area contributed by atoms with Gasteiger partial charge in [-0.3, -0.25) is 9.58 Å². The van der Waals surface area contributed by atoms with Crippen molar-refractivity contribution in [1.29, 1.82) is 0 Å². The fraction of sp³-hybridized carbons (Fsp3) is 0.440. The SMILES string of the molecule is Cc1cc(C(F)(F)F)nn1CC(C=O)N1CCC(c2nc(C3=NO[C@@H](c4ccccc4F)C3)cs2)CC1. The molecule has 196 valence electrons. The predicted molar refractivity (Wildman–Crippen MR) is 129 cm³/mol. The normalized spacial score (nSPS) is 20.0. The standard InChI is InChI=1S/C25H25F4N5O2S/c1-15-10-23(25(27,28)29)31-34(15)12-17(13-35)33-8-6-16(7-9-33)24-30-21(14-37-24)20-11-22(36-32-20)18-4-2-3-5-19(18)26/h2-5,10,13-14,16-17,22H,6-9,11-12H2,1H3/t17?,22-/m1/s1. The number of rotatable bonds is 7. The highest BCUT2D eigenvalue weighted by Crippen LogP contribution is 2.35. The molecule has 5 rings (SSSR count). The molecule has 0 N–H and O–H groups in total. The van der Waals surface area contributed by atoms with Gasteiger partial charge in [0.25, 0.3) is 0 Å². The summed E-state index contributed by atoms with van der Waals surface area (Å²) in [7, 11) is 0. The largest absolute Gasteiger partial charge is 0.435 e. The number of carbonyl (C=O) groups excluding carboxylic acids is 1. The topological polar surface area (TPSA) is 72.6 Å². The highest BCUT2D eigenvalue weighted by atomic mass is 32.1. The summed E-state index contributed by atoms with van der Waals surface area (Å²) in [6, 6.07) is 6.91. The average molecular weight is 536 g/mol. The highest BCUT2D eigenvalue weighted by Gasteiger charge is 2.35. The highest BCUT2D eigenvalue weighted by molar-refractivity contribution is 7.10. The van der Waals surface area contributed by atoms with Gasteiger partial charge in [-0.05, 0) is 45.0 Å². The first kappa shape index (κ1) is 25.5. The van der Waals surface area contributed by atoms with Crippen molar-refractivity contribution in [3.8, 4) is 0 Å². The molecule has 0 saturated carbocycles. The summed E-state index contributed by atoms with van der Waals surface area (Å²) in [6.07, 6.45) is -2.25. The Morgan fingerprint density at radius 1 is 1.24 bits per heavy atom. The molecule has 1 unspecified atom stereocenters. The number of halogens is 4. The molecule has 7 nitrogen and oxygen atoms in total. The number of hydrogen-bond donors (Lipinski definition) is 0. The van der Waals surface area contributed by atoms with Crippen molar-refractivity contribution in [3.63, 3.8) is 0 Å². The van der Waals surface area contributed by atoms with E-state index in [9.17, 15) is 22.4 Å². The van der Waals surface area contributed by atoms with Gasteiger partial charge in [-0.25, -0.2) is 9.37 Å².